The van der Waals surface area contributed by atoms with Gasteiger partial charge in [-0.05, 0) is 33.6 Å². The molecule has 1 heterocycles. The van der Waals surface area contributed by atoms with E-state index in [4.69, 9.17) is 9.47 Å². The van der Waals surface area contributed by atoms with Gasteiger partial charge >= 0.3 is 0 Å². The molecule has 2 rings (SSSR count). The first-order valence-corrected chi connectivity index (χ1v) is 5.79. The second-order valence-corrected chi connectivity index (χ2v) is 4.42. The summed E-state index contributed by atoms with van der Waals surface area (Å²) >= 11 is 3.36. The summed E-state index contributed by atoms with van der Waals surface area (Å²) in [6.45, 7) is 2.44. The Morgan fingerprint density at radius 3 is 2.88 bits per heavy atom. The van der Waals surface area contributed by atoms with Gasteiger partial charge in [-0.25, -0.2) is 0 Å². The average Bonchev–Trinajstić information content (AvgIpc) is 2.29. The lowest BCUT2D eigenvalue weighted by Crippen LogP contribution is -2.15. The summed E-state index contributed by atoms with van der Waals surface area (Å²) < 4.78 is 11.6. The van der Waals surface area contributed by atoms with Crippen LogP contribution >= 0.6 is 15.9 Å². The molecule has 6 heteroatoms. The summed E-state index contributed by atoms with van der Waals surface area (Å²) in [5.74, 6) is 1.25. The lowest BCUT2D eigenvalue weighted by Gasteiger charge is -2.19. The van der Waals surface area contributed by atoms with Crippen molar-refractivity contribution in [2.45, 2.75) is 6.92 Å². The number of nitro groups is 1. The van der Waals surface area contributed by atoms with Gasteiger partial charge in [0.2, 0.25) is 5.70 Å². The number of benzene rings is 1. The maximum atomic E-state index is 10.5. The van der Waals surface area contributed by atoms with Crippen LogP contribution in [0.5, 0.6) is 11.5 Å². The highest BCUT2D eigenvalue weighted by Gasteiger charge is 2.16. The fourth-order valence-electron chi connectivity index (χ4n) is 1.51. The van der Waals surface area contributed by atoms with E-state index in [1.807, 2.05) is 0 Å². The van der Waals surface area contributed by atoms with Crippen LogP contribution in [0.1, 0.15) is 12.5 Å². The highest BCUT2D eigenvalue weighted by Crippen LogP contribution is 2.38. The monoisotopic (exact) mass is 299 g/mol. The van der Waals surface area contributed by atoms with Gasteiger partial charge in [-0.15, -0.1) is 0 Å². The number of rotatable bonds is 2. The van der Waals surface area contributed by atoms with Crippen LogP contribution in [-0.2, 0) is 0 Å². The summed E-state index contributed by atoms with van der Waals surface area (Å²) in [5.41, 5.74) is 0.781. The molecule has 1 aliphatic rings. The van der Waals surface area contributed by atoms with Gasteiger partial charge in [0.05, 0.1) is 9.40 Å². The van der Waals surface area contributed by atoms with E-state index in [1.165, 1.54) is 13.0 Å². The van der Waals surface area contributed by atoms with Crippen molar-refractivity contribution in [1.29, 1.82) is 0 Å². The molecule has 1 aromatic rings. The molecule has 0 fully saturated rings. The van der Waals surface area contributed by atoms with Crippen LogP contribution in [-0.4, -0.2) is 18.1 Å². The summed E-state index contributed by atoms with van der Waals surface area (Å²) in [6.07, 6.45) is 1.49. The predicted molar refractivity (Wildman–Crippen MR) is 65.8 cm³/mol. The second kappa shape index (κ2) is 4.75. The van der Waals surface area contributed by atoms with Gasteiger partial charge in [0.1, 0.15) is 13.2 Å². The van der Waals surface area contributed by atoms with Gasteiger partial charge in [-0.2, -0.15) is 0 Å². The molecule has 0 atom stereocenters. The fourth-order valence-corrected chi connectivity index (χ4v) is 2.08. The summed E-state index contributed by atoms with van der Waals surface area (Å²) in [6, 6.07) is 3.49. The topological polar surface area (TPSA) is 61.6 Å². The summed E-state index contributed by atoms with van der Waals surface area (Å²) in [4.78, 5) is 10.1. The number of hydrogen-bond donors (Lipinski definition) is 0. The molecule has 0 saturated carbocycles. The molecule has 1 aliphatic heterocycles. The van der Waals surface area contributed by atoms with E-state index in [0.717, 1.165) is 4.47 Å². The molecule has 0 unspecified atom stereocenters. The lowest BCUT2D eigenvalue weighted by atomic mass is 10.1. The first kappa shape index (κ1) is 11.9. The third-order valence-corrected chi connectivity index (χ3v) is 2.87. The Labute approximate surface area is 106 Å². The summed E-state index contributed by atoms with van der Waals surface area (Å²) in [7, 11) is 0. The van der Waals surface area contributed by atoms with Crippen LogP contribution in [0.25, 0.3) is 6.08 Å². The molecular weight excluding hydrogens is 290 g/mol. The smallest absolute Gasteiger partial charge is 0.243 e. The Balaban J connectivity index is 2.41. The minimum absolute atomic E-state index is 0.0774. The molecule has 1 aromatic carbocycles. The summed E-state index contributed by atoms with van der Waals surface area (Å²) in [5, 5.41) is 10.5. The zero-order valence-corrected chi connectivity index (χ0v) is 10.7. The number of allylic oxidation sites excluding steroid dienone is 1. The minimum atomic E-state index is -0.426. The molecule has 5 nitrogen and oxygen atoms in total. The highest BCUT2D eigenvalue weighted by molar-refractivity contribution is 9.10. The van der Waals surface area contributed by atoms with Crippen molar-refractivity contribution in [3.05, 3.63) is 38.0 Å². The van der Waals surface area contributed by atoms with E-state index >= 15 is 0 Å². The number of nitrogens with zero attached hydrogens (tertiary/aromatic N) is 1. The normalized spacial score (nSPS) is 14.6. The molecule has 0 aromatic heterocycles. The van der Waals surface area contributed by atoms with Crippen LogP contribution in [0.15, 0.2) is 22.3 Å². The zero-order chi connectivity index (χ0) is 12.4. The molecule has 90 valence electrons. The highest BCUT2D eigenvalue weighted by atomic mass is 79.9. The Morgan fingerprint density at radius 1 is 1.47 bits per heavy atom. The molecule has 0 saturated heterocycles. The van der Waals surface area contributed by atoms with Gasteiger partial charge in [0, 0.05) is 13.0 Å². The maximum absolute atomic E-state index is 10.5. The SMILES string of the molecule is C/C(=C\c1cc(Br)c2c(c1)OCCO2)[N+](=O)[O-]. The van der Waals surface area contributed by atoms with Gasteiger partial charge in [-0.1, -0.05) is 0 Å². The van der Waals surface area contributed by atoms with E-state index in [9.17, 15) is 10.1 Å². The quantitative estimate of drug-likeness (QED) is 0.622. The second-order valence-electron chi connectivity index (χ2n) is 3.57. The zero-order valence-electron chi connectivity index (χ0n) is 9.10. The molecular formula is C11H10BrNO4. The van der Waals surface area contributed by atoms with Crippen LogP contribution in [0, 0.1) is 10.1 Å². The Hall–Kier alpha value is -1.56. The van der Waals surface area contributed by atoms with Crippen molar-refractivity contribution in [3.8, 4) is 11.5 Å². The Morgan fingerprint density at radius 2 is 2.18 bits per heavy atom. The van der Waals surface area contributed by atoms with Crippen molar-refractivity contribution in [2.75, 3.05) is 13.2 Å². The first-order valence-electron chi connectivity index (χ1n) is 5.00. The van der Waals surface area contributed by atoms with Gasteiger partial charge in [0.25, 0.3) is 0 Å². The molecule has 0 spiro atoms. The standard InChI is InChI=1S/C11H10BrNO4/c1-7(13(14)15)4-8-5-9(12)11-10(6-8)16-2-3-17-11/h4-6H,2-3H2,1H3/b7-4+. The van der Waals surface area contributed by atoms with Crippen LogP contribution in [0.2, 0.25) is 0 Å². The lowest BCUT2D eigenvalue weighted by molar-refractivity contribution is -0.422. The third kappa shape index (κ3) is 2.58. The van der Waals surface area contributed by atoms with Gasteiger partial charge in [0.15, 0.2) is 11.5 Å². The minimum Gasteiger partial charge on any atom is -0.486 e. The average molecular weight is 300 g/mol. The predicted octanol–water partition coefficient (Wildman–Crippen LogP) is 2.86. The Kier molecular flexibility index (Phi) is 3.33. The molecule has 17 heavy (non-hydrogen) atoms. The van der Waals surface area contributed by atoms with E-state index in [0.29, 0.717) is 30.3 Å². The van der Waals surface area contributed by atoms with Crippen molar-refractivity contribution in [3.63, 3.8) is 0 Å². The van der Waals surface area contributed by atoms with Gasteiger partial charge in [-0.3, -0.25) is 10.1 Å². The maximum Gasteiger partial charge on any atom is 0.243 e. The number of halogens is 1. The Bertz CT molecular complexity index is 498. The van der Waals surface area contributed by atoms with Crippen molar-refractivity contribution in [2.24, 2.45) is 0 Å². The molecule has 0 amide bonds. The third-order valence-electron chi connectivity index (χ3n) is 2.28. The van der Waals surface area contributed by atoms with E-state index in [2.05, 4.69) is 15.9 Å². The fraction of sp³-hybridized carbons (Fsp3) is 0.273. The number of hydrogen-bond acceptors (Lipinski definition) is 4. The molecule has 0 bridgehead atoms. The van der Waals surface area contributed by atoms with Crippen molar-refractivity contribution < 1.29 is 14.4 Å². The largest absolute Gasteiger partial charge is 0.486 e. The molecule has 0 N–H and O–H groups in total. The molecule has 0 aliphatic carbocycles. The van der Waals surface area contributed by atoms with Crippen LogP contribution in [0.3, 0.4) is 0 Å². The first-order chi connectivity index (χ1) is 8.08. The van der Waals surface area contributed by atoms with E-state index in [1.54, 1.807) is 12.1 Å². The molecule has 0 radical (unpaired) electrons. The number of ether oxygens (including phenoxy) is 2. The van der Waals surface area contributed by atoms with Crippen LogP contribution < -0.4 is 9.47 Å². The van der Waals surface area contributed by atoms with Crippen LogP contribution in [0.4, 0.5) is 0 Å². The van der Waals surface area contributed by atoms with E-state index < -0.39 is 4.92 Å². The van der Waals surface area contributed by atoms with Crippen molar-refractivity contribution >= 4 is 22.0 Å². The van der Waals surface area contributed by atoms with Gasteiger partial charge < -0.3 is 9.47 Å². The van der Waals surface area contributed by atoms with E-state index in [-0.39, 0.29) is 5.70 Å². The number of fused-ring (bicyclic) bond motifs is 1. The van der Waals surface area contributed by atoms with Crippen molar-refractivity contribution in [1.82, 2.24) is 0 Å².